The molecule has 0 amide bonds. The molecule has 3 aromatic heterocycles. The number of fused-ring (bicyclic) bond motifs is 8. The Balaban J connectivity index is 1.62. The van der Waals surface area contributed by atoms with E-state index < -0.39 is 0 Å². The molecule has 8 rings (SSSR count). The van der Waals surface area contributed by atoms with Gasteiger partial charge in [0, 0.05) is 44.3 Å². The maximum atomic E-state index is 5.56. The summed E-state index contributed by atoms with van der Waals surface area (Å²) >= 11 is 0. The van der Waals surface area contributed by atoms with Gasteiger partial charge in [0.05, 0.1) is 22.8 Å². The van der Waals surface area contributed by atoms with Crippen LogP contribution in [0.1, 0.15) is 78.4 Å². The maximum absolute atomic E-state index is 5.56. The first-order valence-corrected chi connectivity index (χ1v) is 18.9. The first kappa shape index (κ1) is 35.1. The molecule has 8 bridgehead atoms. The Labute approximate surface area is 319 Å². The van der Waals surface area contributed by atoms with Crippen molar-refractivity contribution in [3.63, 3.8) is 0 Å². The second-order valence-corrected chi connectivity index (χ2v) is 15.4. The van der Waals surface area contributed by atoms with Gasteiger partial charge in [-0.05, 0) is 167 Å². The number of hydrogen-bond acceptors (Lipinski definition) is 2. The third kappa shape index (κ3) is 5.96. The summed E-state index contributed by atoms with van der Waals surface area (Å²) < 4.78 is 0. The largest absolute Gasteiger partial charge is 0.355 e. The molecule has 0 atom stereocenters. The van der Waals surface area contributed by atoms with Crippen LogP contribution in [0.25, 0.3) is 79.8 Å². The van der Waals surface area contributed by atoms with Crippen LogP contribution in [0.2, 0.25) is 0 Å². The molecule has 0 saturated heterocycles. The number of aromatic amines is 2. The first-order valence-electron chi connectivity index (χ1n) is 18.9. The molecule has 268 valence electrons. The molecule has 4 nitrogen and oxygen atoms in total. The Morgan fingerprint density at radius 3 is 1.07 bits per heavy atom. The summed E-state index contributed by atoms with van der Waals surface area (Å²) in [4.78, 5) is 18.8. The lowest BCUT2D eigenvalue weighted by atomic mass is 9.92. The second kappa shape index (κ2) is 13.4. The molecule has 3 aromatic carbocycles. The number of H-pyrrole nitrogens is 2. The van der Waals surface area contributed by atoms with E-state index in [0.717, 1.165) is 67.1 Å². The van der Waals surface area contributed by atoms with Gasteiger partial charge in [0.1, 0.15) is 0 Å². The zero-order valence-corrected chi connectivity index (χ0v) is 33.0. The number of benzene rings is 3. The molecule has 0 spiro atoms. The fourth-order valence-electron chi connectivity index (χ4n) is 9.14. The van der Waals surface area contributed by atoms with Crippen LogP contribution >= 0.6 is 0 Å². The van der Waals surface area contributed by atoms with Gasteiger partial charge in [-0.25, -0.2) is 9.97 Å². The van der Waals surface area contributed by atoms with E-state index in [2.05, 4.69) is 164 Å². The Kier molecular flexibility index (Phi) is 8.73. The predicted molar refractivity (Wildman–Crippen MR) is 232 cm³/mol. The number of hydrogen-bond donors (Lipinski definition) is 2. The summed E-state index contributed by atoms with van der Waals surface area (Å²) in [6.07, 6.45) is 11.4. The fraction of sp³-hybridized carbons (Fsp3) is 0.200. The summed E-state index contributed by atoms with van der Waals surface area (Å²) in [7, 11) is 0. The lowest BCUT2D eigenvalue weighted by Gasteiger charge is -2.14. The number of allylic oxidation sites excluding steroid dienone is 1. The van der Waals surface area contributed by atoms with Gasteiger partial charge in [-0.3, -0.25) is 0 Å². The summed E-state index contributed by atoms with van der Waals surface area (Å²) in [5.74, 6) is 0. The molecule has 5 heterocycles. The standard InChI is InChI=1S/C50H48N4/c1-11-12-36-37-13-15-39(51-37)48(45-30(5)21-27(2)22-31(45)6)41-17-19-43(53-41)50(47-34(9)25-29(4)26-35(47)10)44-20-18-42(54-44)49(40-16-14-38(36)52-40)46-32(7)23-28(3)24-33(46)8/h11,13-26,51,54H,1,12H2,2-10H3. The highest BCUT2D eigenvalue weighted by Crippen LogP contribution is 2.41. The zero-order valence-electron chi connectivity index (χ0n) is 33.0. The van der Waals surface area contributed by atoms with Crippen molar-refractivity contribution in [2.75, 3.05) is 0 Å². The van der Waals surface area contributed by atoms with E-state index in [1.54, 1.807) is 0 Å². The zero-order chi connectivity index (χ0) is 38.0. The van der Waals surface area contributed by atoms with E-state index >= 15 is 0 Å². The van der Waals surface area contributed by atoms with Gasteiger partial charge < -0.3 is 9.97 Å². The summed E-state index contributed by atoms with van der Waals surface area (Å²) in [5, 5.41) is 0. The van der Waals surface area contributed by atoms with Crippen LogP contribution in [0.4, 0.5) is 0 Å². The Hall–Kier alpha value is -6.00. The van der Waals surface area contributed by atoms with Crippen LogP contribution in [0.5, 0.6) is 0 Å². The molecule has 2 N–H and O–H groups in total. The monoisotopic (exact) mass is 704 g/mol. The van der Waals surface area contributed by atoms with Gasteiger partial charge >= 0.3 is 0 Å². The van der Waals surface area contributed by atoms with Gasteiger partial charge in [-0.1, -0.05) is 59.2 Å². The van der Waals surface area contributed by atoms with E-state index in [0.29, 0.717) is 6.42 Å². The summed E-state index contributed by atoms with van der Waals surface area (Å²) in [5.41, 5.74) is 26.9. The molecule has 0 fully saturated rings. The molecule has 54 heavy (non-hydrogen) atoms. The highest BCUT2D eigenvalue weighted by atomic mass is 14.8. The lowest BCUT2D eigenvalue weighted by molar-refractivity contribution is 1.20. The Bertz CT molecular complexity index is 2670. The SMILES string of the molecule is C=CCc1c2nc(c(-c3c(C)cc(C)cc3C)c3ccc([nH]3)c(-c3c(C)cc(C)cc3C)c3nc(c(-c4c(C)cc(C)cc4C)c4ccc1[nH]4)C=C3)C=C2. The van der Waals surface area contributed by atoms with E-state index in [1.165, 1.54) is 66.8 Å². The van der Waals surface area contributed by atoms with Crippen LogP contribution in [-0.2, 0) is 6.42 Å². The van der Waals surface area contributed by atoms with Crippen molar-refractivity contribution < 1.29 is 0 Å². The molecule has 0 saturated carbocycles. The highest BCUT2D eigenvalue weighted by Gasteiger charge is 2.22. The molecular formula is C50H48N4. The smallest absolute Gasteiger partial charge is 0.0737 e. The highest BCUT2D eigenvalue weighted by molar-refractivity contribution is 6.00. The van der Waals surface area contributed by atoms with Gasteiger partial charge in [0.25, 0.3) is 0 Å². The first-order chi connectivity index (χ1) is 25.9. The van der Waals surface area contributed by atoms with E-state index in [1.807, 2.05) is 6.08 Å². The number of rotatable bonds is 5. The van der Waals surface area contributed by atoms with Crippen LogP contribution < -0.4 is 0 Å². The molecule has 4 heteroatoms. The van der Waals surface area contributed by atoms with Crippen molar-refractivity contribution in [3.8, 4) is 33.4 Å². The third-order valence-corrected chi connectivity index (χ3v) is 11.0. The number of nitrogens with one attached hydrogen (secondary N) is 2. The fourth-order valence-corrected chi connectivity index (χ4v) is 9.14. The minimum atomic E-state index is 0.672. The maximum Gasteiger partial charge on any atom is 0.0737 e. The minimum absolute atomic E-state index is 0.672. The van der Waals surface area contributed by atoms with Crippen LogP contribution in [0.3, 0.4) is 0 Å². The van der Waals surface area contributed by atoms with E-state index in [4.69, 9.17) is 9.97 Å². The van der Waals surface area contributed by atoms with Gasteiger partial charge in [0.15, 0.2) is 0 Å². The second-order valence-electron chi connectivity index (χ2n) is 15.4. The van der Waals surface area contributed by atoms with Crippen molar-refractivity contribution >= 4 is 46.4 Å². The number of aromatic nitrogens is 4. The quantitative estimate of drug-likeness (QED) is 0.175. The molecule has 0 radical (unpaired) electrons. The van der Waals surface area contributed by atoms with Crippen LogP contribution in [0, 0.1) is 62.3 Å². The topological polar surface area (TPSA) is 57.4 Å². The number of nitrogens with zero attached hydrogens (tertiary/aromatic N) is 2. The van der Waals surface area contributed by atoms with Crippen molar-refractivity contribution in [2.24, 2.45) is 0 Å². The molecular weight excluding hydrogens is 657 g/mol. The average Bonchev–Trinajstić information content (AvgIpc) is 3.93. The third-order valence-electron chi connectivity index (χ3n) is 11.0. The van der Waals surface area contributed by atoms with Crippen molar-refractivity contribution in [1.82, 2.24) is 19.9 Å². The van der Waals surface area contributed by atoms with Crippen molar-refractivity contribution in [2.45, 2.75) is 68.7 Å². The Morgan fingerprint density at radius 1 is 0.426 bits per heavy atom. The molecule has 6 aromatic rings. The predicted octanol–water partition coefficient (Wildman–Crippen LogP) is 13.2. The summed E-state index contributed by atoms with van der Waals surface area (Å²) in [6, 6.07) is 22.5. The van der Waals surface area contributed by atoms with Gasteiger partial charge in [-0.15, -0.1) is 6.58 Å². The molecule has 2 aliphatic rings. The summed E-state index contributed by atoms with van der Waals surface area (Å²) in [6.45, 7) is 23.9. The van der Waals surface area contributed by atoms with Crippen molar-refractivity contribution in [3.05, 3.63) is 152 Å². The van der Waals surface area contributed by atoms with E-state index in [-0.39, 0.29) is 0 Å². The average molecular weight is 705 g/mol. The normalized spacial score (nSPS) is 12.2. The lowest BCUT2D eigenvalue weighted by Crippen LogP contribution is -1.96. The van der Waals surface area contributed by atoms with E-state index in [9.17, 15) is 0 Å². The minimum Gasteiger partial charge on any atom is -0.355 e. The van der Waals surface area contributed by atoms with Gasteiger partial charge in [0.2, 0.25) is 0 Å². The van der Waals surface area contributed by atoms with Crippen LogP contribution in [-0.4, -0.2) is 19.9 Å². The molecule has 2 aliphatic heterocycles. The van der Waals surface area contributed by atoms with Crippen molar-refractivity contribution in [1.29, 1.82) is 0 Å². The Morgan fingerprint density at radius 2 is 0.722 bits per heavy atom. The number of aryl methyl sites for hydroxylation is 9. The molecule has 0 aliphatic carbocycles. The molecule has 0 unspecified atom stereocenters. The van der Waals surface area contributed by atoms with Gasteiger partial charge in [-0.2, -0.15) is 0 Å². The van der Waals surface area contributed by atoms with Crippen LogP contribution in [0.15, 0.2) is 73.3 Å².